The van der Waals surface area contributed by atoms with Gasteiger partial charge in [0.25, 0.3) is 0 Å². The molecular formula is C11H11ClO3. The van der Waals surface area contributed by atoms with Gasteiger partial charge in [0.05, 0.1) is 18.6 Å². The number of phenolic OH excluding ortho intramolecular Hbond substituents is 1. The van der Waals surface area contributed by atoms with Crippen LogP contribution in [-0.4, -0.2) is 18.2 Å². The molecule has 0 amide bonds. The minimum Gasteiger partial charge on any atom is -0.508 e. The van der Waals surface area contributed by atoms with Crippen molar-refractivity contribution in [2.24, 2.45) is 0 Å². The average Bonchev–Trinajstić information content (AvgIpc) is 2.21. The zero-order valence-electron chi connectivity index (χ0n) is 8.24. The summed E-state index contributed by atoms with van der Waals surface area (Å²) in [6.45, 7) is 0. The van der Waals surface area contributed by atoms with Gasteiger partial charge in [0.2, 0.25) is 0 Å². The molecule has 3 nitrogen and oxygen atoms in total. The molecule has 0 spiro atoms. The molecule has 1 N–H and O–H groups in total. The number of halogens is 1. The van der Waals surface area contributed by atoms with Crippen LogP contribution >= 0.6 is 11.6 Å². The van der Waals surface area contributed by atoms with Crippen molar-refractivity contribution < 1.29 is 14.6 Å². The van der Waals surface area contributed by atoms with Crippen LogP contribution in [0.2, 0.25) is 5.02 Å². The number of aromatic hydroxyl groups is 1. The Hall–Kier alpha value is -1.48. The van der Waals surface area contributed by atoms with E-state index in [0.717, 1.165) is 5.56 Å². The fourth-order valence-corrected chi connectivity index (χ4v) is 1.25. The molecule has 4 heteroatoms. The van der Waals surface area contributed by atoms with E-state index in [2.05, 4.69) is 4.74 Å². The molecule has 0 aliphatic rings. The maximum absolute atomic E-state index is 10.8. The minimum absolute atomic E-state index is 0.116. The summed E-state index contributed by atoms with van der Waals surface area (Å²) in [6, 6.07) is 4.65. The molecule has 1 aromatic carbocycles. The maximum Gasteiger partial charge on any atom is 0.309 e. The molecule has 15 heavy (non-hydrogen) atoms. The first-order valence-corrected chi connectivity index (χ1v) is 4.73. The molecule has 0 unspecified atom stereocenters. The van der Waals surface area contributed by atoms with Gasteiger partial charge in [-0.2, -0.15) is 0 Å². The Bertz CT molecular complexity index is 385. The molecule has 1 aromatic rings. The smallest absolute Gasteiger partial charge is 0.309 e. The largest absolute Gasteiger partial charge is 0.508 e. The summed E-state index contributed by atoms with van der Waals surface area (Å²) in [5.41, 5.74) is 0.748. The first kappa shape index (κ1) is 11.6. The van der Waals surface area contributed by atoms with E-state index in [1.807, 2.05) is 0 Å². The number of esters is 1. The summed E-state index contributed by atoms with van der Waals surface area (Å²) in [7, 11) is 1.34. The molecule has 0 saturated heterocycles. The second-order valence-corrected chi connectivity index (χ2v) is 3.30. The van der Waals surface area contributed by atoms with Gasteiger partial charge in [-0.1, -0.05) is 23.8 Å². The zero-order chi connectivity index (χ0) is 11.3. The number of phenols is 1. The number of methoxy groups -OCH3 is 1. The maximum atomic E-state index is 10.8. The molecule has 0 aliphatic carbocycles. The molecule has 1 rings (SSSR count). The van der Waals surface area contributed by atoms with Crippen molar-refractivity contribution in [2.75, 3.05) is 7.11 Å². The molecule has 0 heterocycles. The van der Waals surface area contributed by atoms with Gasteiger partial charge in [-0.15, -0.1) is 0 Å². The van der Waals surface area contributed by atoms with Crippen molar-refractivity contribution in [1.82, 2.24) is 0 Å². The molecule has 0 atom stereocenters. The van der Waals surface area contributed by atoms with E-state index >= 15 is 0 Å². The van der Waals surface area contributed by atoms with E-state index in [1.54, 1.807) is 18.2 Å². The fraction of sp³-hybridized carbons (Fsp3) is 0.182. The van der Waals surface area contributed by atoms with Gasteiger partial charge in [-0.25, -0.2) is 0 Å². The number of rotatable bonds is 3. The van der Waals surface area contributed by atoms with Crippen LogP contribution in [0.5, 0.6) is 5.75 Å². The standard InChI is InChI=1S/C11H11ClO3/c1-15-11(14)4-2-3-8-5-6-9(13)7-10(8)12/h2-3,5-7,13H,4H2,1H3. The van der Waals surface area contributed by atoms with E-state index in [9.17, 15) is 4.79 Å². The third-order valence-electron chi connectivity index (χ3n) is 1.79. The van der Waals surface area contributed by atoms with Gasteiger partial charge in [-0.05, 0) is 23.8 Å². The van der Waals surface area contributed by atoms with Crippen LogP contribution in [0, 0.1) is 0 Å². The number of ether oxygens (including phenoxy) is 1. The minimum atomic E-state index is -0.304. The Labute approximate surface area is 92.9 Å². The third-order valence-corrected chi connectivity index (χ3v) is 2.12. The highest BCUT2D eigenvalue weighted by Gasteiger charge is 1.98. The summed E-state index contributed by atoms with van der Waals surface area (Å²) < 4.78 is 4.47. The summed E-state index contributed by atoms with van der Waals surface area (Å²) >= 11 is 5.85. The fourth-order valence-electron chi connectivity index (χ4n) is 1.02. The topological polar surface area (TPSA) is 46.5 Å². The van der Waals surface area contributed by atoms with Crippen molar-refractivity contribution in [1.29, 1.82) is 0 Å². The number of carbonyl (C=O) groups is 1. The average molecular weight is 227 g/mol. The normalized spacial score (nSPS) is 10.5. The molecule has 0 bridgehead atoms. The van der Waals surface area contributed by atoms with Crippen molar-refractivity contribution in [2.45, 2.75) is 6.42 Å². The quantitative estimate of drug-likeness (QED) is 0.806. The number of hydrogen-bond acceptors (Lipinski definition) is 3. The van der Waals surface area contributed by atoms with E-state index < -0.39 is 0 Å². The molecule has 0 aromatic heterocycles. The van der Waals surface area contributed by atoms with Crippen LogP contribution in [0.4, 0.5) is 0 Å². The Morgan fingerprint density at radius 1 is 1.60 bits per heavy atom. The second kappa shape index (κ2) is 5.41. The van der Waals surface area contributed by atoms with E-state index in [4.69, 9.17) is 16.7 Å². The predicted molar refractivity (Wildman–Crippen MR) is 58.8 cm³/mol. The van der Waals surface area contributed by atoms with Gasteiger partial charge in [-0.3, -0.25) is 4.79 Å². The molecule has 0 radical (unpaired) electrons. The third kappa shape index (κ3) is 3.64. The van der Waals surface area contributed by atoms with Crippen molar-refractivity contribution in [3.63, 3.8) is 0 Å². The number of benzene rings is 1. The van der Waals surface area contributed by atoms with Crippen molar-refractivity contribution in [3.8, 4) is 5.75 Å². The lowest BCUT2D eigenvalue weighted by atomic mass is 10.2. The van der Waals surface area contributed by atoms with E-state index in [1.165, 1.54) is 19.2 Å². The number of carbonyl (C=O) groups excluding carboxylic acids is 1. The Kier molecular flexibility index (Phi) is 4.18. The SMILES string of the molecule is COC(=O)CC=Cc1ccc(O)cc1Cl. The Balaban J connectivity index is 2.68. The van der Waals surface area contributed by atoms with Gasteiger partial charge in [0.1, 0.15) is 5.75 Å². The van der Waals surface area contributed by atoms with Crippen molar-refractivity contribution >= 4 is 23.6 Å². The van der Waals surface area contributed by atoms with Crippen LogP contribution < -0.4 is 0 Å². The summed E-state index contributed by atoms with van der Waals surface area (Å²) in [5, 5.41) is 9.55. The van der Waals surface area contributed by atoms with Gasteiger partial charge >= 0.3 is 5.97 Å². The van der Waals surface area contributed by atoms with Gasteiger partial charge in [0, 0.05) is 0 Å². The van der Waals surface area contributed by atoms with Crippen LogP contribution in [0.15, 0.2) is 24.3 Å². The Morgan fingerprint density at radius 3 is 2.93 bits per heavy atom. The predicted octanol–water partition coefficient (Wildman–Crippen LogP) is 2.62. The summed E-state index contributed by atoms with van der Waals surface area (Å²) in [5.74, 6) is -0.189. The summed E-state index contributed by atoms with van der Waals surface area (Å²) in [6.07, 6.45) is 3.57. The van der Waals surface area contributed by atoms with E-state index in [0.29, 0.717) is 5.02 Å². The lowest BCUT2D eigenvalue weighted by Crippen LogP contribution is -1.96. The van der Waals surface area contributed by atoms with Crippen LogP contribution in [0.25, 0.3) is 6.08 Å². The highest BCUT2D eigenvalue weighted by atomic mass is 35.5. The first-order chi connectivity index (χ1) is 7.13. The highest BCUT2D eigenvalue weighted by Crippen LogP contribution is 2.22. The van der Waals surface area contributed by atoms with Gasteiger partial charge < -0.3 is 9.84 Å². The van der Waals surface area contributed by atoms with Crippen LogP contribution in [-0.2, 0) is 9.53 Å². The van der Waals surface area contributed by atoms with Crippen LogP contribution in [0.1, 0.15) is 12.0 Å². The summed E-state index contributed by atoms with van der Waals surface area (Å²) in [4.78, 5) is 10.8. The highest BCUT2D eigenvalue weighted by molar-refractivity contribution is 6.32. The molecular weight excluding hydrogens is 216 g/mol. The second-order valence-electron chi connectivity index (χ2n) is 2.89. The lowest BCUT2D eigenvalue weighted by molar-refractivity contribution is -0.139. The molecule has 0 aliphatic heterocycles. The van der Waals surface area contributed by atoms with Gasteiger partial charge in [0.15, 0.2) is 0 Å². The molecule has 80 valence electrons. The van der Waals surface area contributed by atoms with Crippen molar-refractivity contribution in [3.05, 3.63) is 34.9 Å². The molecule has 0 saturated carbocycles. The van der Waals surface area contributed by atoms with Crippen LogP contribution in [0.3, 0.4) is 0 Å². The lowest BCUT2D eigenvalue weighted by Gasteiger charge is -1.98. The number of hydrogen-bond donors (Lipinski definition) is 1. The zero-order valence-corrected chi connectivity index (χ0v) is 8.99. The molecule has 0 fully saturated rings. The first-order valence-electron chi connectivity index (χ1n) is 4.35. The van der Waals surface area contributed by atoms with E-state index in [-0.39, 0.29) is 18.1 Å². The monoisotopic (exact) mass is 226 g/mol. The Morgan fingerprint density at radius 2 is 2.33 bits per heavy atom.